The quantitative estimate of drug-likeness (QED) is 0.892. The van der Waals surface area contributed by atoms with Crippen molar-refractivity contribution in [1.29, 1.82) is 0 Å². The second-order valence-corrected chi connectivity index (χ2v) is 7.30. The van der Waals surface area contributed by atoms with Gasteiger partial charge in [0.05, 0.1) is 5.52 Å². The standard InChI is InChI=1S/C16H19BrN4O/c1-20(14-9-21-6-4-10(14)5-7-21)16(22)15-12-3-2-11(17)8-13(12)18-19-15/h2-3,8,10,14H,4-7,9H2,1H3,(H,18,19)/t14-/m1/s1. The summed E-state index contributed by atoms with van der Waals surface area (Å²) >= 11 is 3.44. The Labute approximate surface area is 137 Å². The predicted molar refractivity (Wildman–Crippen MR) is 88.8 cm³/mol. The van der Waals surface area contributed by atoms with Crippen LogP contribution in [0.3, 0.4) is 0 Å². The molecule has 1 amide bonds. The van der Waals surface area contributed by atoms with Crippen molar-refractivity contribution in [1.82, 2.24) is 20.0 Å². The molecule has 3 fully saturated rings. The summed E-state index contributed by atoms with van der Waals surface area (Å²) in [5.74, 6) is 0.658. The molecule has 3 aliphatic heterocycles. The second kappa shape index (κ2) is 5.35. The van der Waals surface area contributed by atoms with Crippen LogP contribution in [0.15, 0.2) is 22.7 Å². The molecule has 22 heavy (non-hydrogen) atoms. The second-order valence-electron chi connectivity index (χ2n) is 6.38. The zero-order valence-electron chi connectivity index (χ0n) is 12.6. The maximum atomic E-state index is 12.9. The molecule has 5 nitrogen and oxygen atoms in total. The highest BCUT2D eigenvalue weighted by atomic mass is 79.9. The number of amides is 1. The van der Waals surface area contributed by atoms with E-state index < -0.39 is 0 Å². The first kappa shape index (κ1) is 14.2. The monoisotopic (exact) mass is 362 g/mol. The predicted octanol–water partition coefficient (Wildman–Crippen LogP) is 2.49. The van der Waals surface area contributed by atoms with Gasteiger partial charge in [-0.15, -0.1) is 0 Å². The Bertz CT molecular complexity index is 720. The molecule has 1 atom stereocenters. The van der Waals surface area contributed by atoms with Crippen LogP contribution < -0.4 is 0 Å². The molecular weight excluding hydrogens is 344 g/mol. The van der Waals surface area contributed by atoms with Gasteiger partial charge in [-0.3, -0.25) is 9.89 Å². The van der Waals surface area contributed by atoms with E-state index in [1.165, 1.54) is 25.9 Å². The lowest BCUT2D eigenvalue weighted by Crippen LogP contribution is -2.57. The van der Waals surface area contributed by atoms with Gasteiger partial charge in [-0.25, -0.2) is 0 Å². The van der Waals surface area contributed by atoms with Crippen LogP contribution in [-0.4, -0.2) is 58.6 Å². The third-order valence-corrected chi connectivity index (χ3v) is 5.66. The molecule has 1 N–H and O–H groups in total. The Morgan fingerprint density at radius 1 is 1.41 bits per heavy atom. The lowest BCUT2D eigenvalue weighted by molar-refractivity contribution is 0.0160. The van der Waals surface area contributed by atoms with Gasteiger partial charge in [0.25, 0.3) is 5.91 Å². The van der Waals surface area contributed by atoms with E-state index in [0.29, 0.717) is 17.7 Å². The minimum Gasteiger partial charge on any atom is -0.336 e. The van der Waals surface area contributed by atoms with Crippen molar-refractivity contribution in [2.24, 2.45) is 5.92 Å². The van der Waals surface area contributed by atoms with Crippen LogP contribution in [0, 0.1) is 5.92 Å². The van der Waals surface area contributed by atoms with Crippen LogP contribution in [0.4, 0.5) is 0 Å². The minimum atomic E-state index is 0.0207. The van der Waals surface area contributed by atoms with Gasteiger partial charge in [-0.05, 0) is 50.0 Å². The number of nitrogens with zero attached hydrogens (tertiary/aromatic N) is 3. The van der Waals surface area contributed by atoms with Crippen molar-refractivity contribution in [2.45, 2.75) is 18.9 Å². The zero-order valence-corrected chi connectivity index (χ0v) is 14.1. The average molecular weight is 363 g/mol. The summed E-state index contributed by atoms with van der Waals surface area (Å²) in [6.07, 6.45) is 2.41. The van der Waals surface area contributed by atoms with Crippen molar-refractivity contribution < 1.29 is 4.79 Å². The first-order chi connectivity index (χ1) is 10.6. The summed E-state index contributed by atoms with van der Waals surface area (Å²) in [6, 6.07) is 6.16. The first-order valence-corrected chi connectivity index (χ1v) is 8.56. The van der Waals surface area contributed by atoms with Crippen molar-refractivity contribution in [3.8, 4) is 0 Å². The number of likely N-dealkylation sites (N-methyl/N-ethyl adjacent to an activating group) is 1. The highest BCUT2D eigenvalue weighted by Gasteiger charge is 2.38. The van der Waals surface area contributed by atoms with Gasteiger partial charge in [0, 0.05) is 29.5 Å². The number of benzene rings is 1. The number of hydrogen-bond acceptors (Lipinski definition) is 3. The molecular formula is C16H19BrN4O. The molecule has 2 bridgehead atoms. The molecule has 1 aromatic heterocycles. The van der Waals surface area contributed by atoms with Crippen molar-refractivity contribution in [3.63, 3.8) is 0 Å². The maximum absolute atomic E-state index is 12.9. The third kappa shape index (κ3) is 2.25. The molecule has 5 rings (SSSR count). The summed E-state index contributed by atoms with van der Waals surface area (Å²) in [5, 5.41) is 8.12. The fourth-order valence-electron chi connectivity index (χ4n) is 3.85. The van der Waals surface area contributed by atoms with E-state index in [0.717, 1.165) is 21.9 Å². The van der Waals surface area contributed by atoms with E-state index in [2.05, 4.69) is 31.0 Å². The number of H-pyrrole nitrogens is 1. The van der Waals surface area contributed by atoms with Crippen LogP contribution in [0.5, 0.6) is 0 Å². The maximum Gasteiger partial charge on any atom is 0.275 e. The van der Waals surface area contributed by atoms with Gasteiger partial charge in [0.15, 0.2) is 5.69 Å². The average Bonchev–Trinajstić information content (AvgIpc) is 2.97. The highest BCUT2D eigenvalue weighted by molar-refractivity contribution is 9.10. The smallest absolute Gasteiger partial charge is 0.275 e. The van der Waals surface area contributed by atoms with Crippen LogP contribution in [0.1, 0.15) is 23.3 Å². The number of nitrogens with one attached hydrogen (secondary N) is 1. The van der Waals surface area contributed by atoms with Gasteiger partial charge in [-0.2, -0.15) is 5.10 Å². The van der Waals surface area contributed by atoms with E-state index in [-0.39, 0.29) is 5.91 Å². The number of piperidine rings is 3. The van der Waals surface area contributed by atoms with Crippen molar-refractivity contribution in [3.05, 3.63) is 28.4 Å². The molecule has 4 heterocycles. The third-order valence-electron chi connectivity index (χ3n) is 5.17. The van der Waals surface area contributed by atoms with Gasteiger partial charge in [-0.1, -0.05) is 15.9 Å². The Hall–Kier alpha value is -1.40. The number of halogens is 1. The van der Waals surface area contributed by atoms with E-state index in [9.17, 15) is 4.79 Å². The molecule has 3 saturated heterocycles. The van der Waals surface area contributed by atoms with Crippen LogP contribution in [-0.2, 0) is 0 Å². The Morgan fingerprint density at radius 3 is 2.86 bits per heavy atom. The molecule has 0 radical (unpaired) electrons. The van der Waals surface area contributed by atoms with Crippen molar-refractivity contribution in [2.75, 3.05) is 26.7 Å². The lowest BCUT2D eigenvalue weighted by Gasteiger charge is -2.47. The summed E-state index contributed by atoms with van der Waals surface area (Å²) in [5.41, 5.74) is 1.42. The molecule has 0 spiro atoms. The minimum absolute atomic E-state index is 0.0207. The molecule has 0 aliphatic carbocycles. The van der Waals surface area contributed by atoms with E-state index in [1.54, 1.807) is 0 Å². The number of carbonyl (C=O) groups excluding carboxylic acids is 1. The molecule has 2 aromatic rings. The molecule has 3 aliphatic rings. The molecule has 0 saturated carbocycles. The number of rotatable bonds is 2. The van der Waals surface area contributed by atoms with Crippen LogP contribution in [0.2, 0.25) is 0 Å². The fraction of sp³-hybridized carbons (Fsp3) is 0.500. The first-order valence-electron chi connectivity index (χ1n) is 7.76. The Kier molecular flexibility index (Phi) is 3.46. The van der Waals surface area contributed by atoms with Gasteiger partial charge in [0.1, 0.15) is 0 Å². The van der Waals surface area contributed by atoms with E-state index >= 15 is 0 Å². The molecule has 1 aromatic carbocycles. The van der Waals surface area contributed by atoms with Crippen LogP contribution in [0.25, 0.3) is 10.9 Å². The van der Waals surface area contributed by atoms with Gasteiger partial charge < -0.3 is 9.80 Å². The SMILES string of the molecule is CN(C(=O)c1n[nH]c2cc(Br)ccc12)[C@@H]1CN2CCC1CC2. The number of aromatic amines is 1. The zero-order chi connectivity index (χ0) is 15.3. The largest absolute Gasteiger partial charge is 0.336 e. The Balaban J connectivity index is 1.62. The molecule has 0 unspecified atom stereocenters. The molecule has 6 heteroatoms. The molecule has 116 valence electrons. The number of fused-ring (bicyclic) bond motifs is 4. The Morgan fingerprint density at radius 2 is 2.18 bits per heavy atom. The fourth-order valence-corrected chi connectivity index (χ4v) is 4.21. The number of aromatic nitrogens is 2. The van der Waals surface area contributed by atoms with Gasteiger partial charge >= 0.3 is 0 Å². The normalized spacial score (nSPS) is 27.3. The highest BCUT2D eigenvalue weighted by Crippen LogP contribution is 2.31. The lowest BCUT2D eigenvalue weighted by atomic mass is 9.83. The summed E-state index contributed by atoms with van der Waals surface area (Å²) in [7, 11) is 1.92. The summed E-state index contributed by atoms with van der Waals surface area (Å²) in [4.78, 5) is 17.3. The van der Waals surface area contributed by atoms with Gasteiger partial charge in [0.2, 0.25) is 0 Å². The number of carbonyl (C=O) groups is 1. The summed E-state index contributed by atoms with van der Waals surface area (Å²) in [6.45, 7) is 3.37. The number of hydrogen-bond donors (Lipinski definition) is 1. The van der Waals surface area contributed by atoms with Crippen LogP contribution >= 0.6 is 15.9 Å². The topological polar surface area (TPSA) is 52.2 Å². The van der Waals surface area contributed by atoms with E-state index in [4.69, 9.17) is 0 Å². The van der Waals surface area contributed by atoms with Crippen molar-refractivity contribution >= 4 is 32.7 Å². The van der Waals surface area contributed by atoms with E-state index in [1.807, 2.05) is 30.1 Å². The summed E-state index contributed by atoms with van der Waals surface area (Å²) < 4.78 is 0.980.